The molecule has 6 aliphatic rings. The van der Waals surface area contributed by atoms with Gasteiger partial charge in [0.05, 0.1) is 37.4 Å². The first-order valence-corrected chi connectivity index (χ1v) is 25.9. The fraction of sp³-hybridized carbons (Fsp3) is 0.792. The molecule has 19 heteroatoms. The largest absolute Gasteiger partial charge is 0.465 e. The van der Waals surface area contributed by atoms with Crippen LogP contribution in [0.3, 0.4) is 0 Å². The Hall–Kier alpha value is -4.91. The quantitative estimate of drug-likeness (QED) is 0.127. The SMILES string of the molecule is COC(=O)[C@@]1(n2cc(CNC(=O)[C@]34CC[C@@H](C)[C@H](C)[C@@H]3C3=CC[C@@H]5[C@@]6(C)CC[C@H](O)C(C)(C)[C@@H]6CC[C@@]5(C)[C@]3(C)CC4)nn2)C[C@H](OC(C)=O)[C@@H](NC(C)=O)[C@H]([C@H](OC(C)=O)[C@@H](COC(C)=O)OC(C)=O)O1. The van der Waals surface area contributed by atoms with Gasteiger partial charge in [-0.2, -0.15) is 0 Å². The molecule has 1 saturated heterocycles. The summed E-state index contributed by atoms with van der Waals surface area (Å²) in [6.45, 7) is 21.5. The zero-order valence-electron chi connectivity index (χ0n) is 44.6. The standard InChI is InChI=1S/C53H79N5O14/c1-28-16-21-52(23-22-50(11)36(42(52)29(28)2)14-15-40-49(10)19-18-41(64)48(8,9)39(49)17-20-51(40,50)12)46(65)54-25-35-26-58(57-56-35)53(47(66)67-13)24-37(69-32(5)61)43(55-30(3)59)45(72-53)44(71-34(7)63)38(70-33(6)62)27-68-31(4)60/h14,26,28-29,37-45,64H,15-25,27H2,1-13H3,(H,54,65)(H,55,59)/t28-,29+,37+,38-,39+,40-,41+,42-,43-,44-,45-,49+,50-,51-,52+,53-/m1/s1. The maximum absolute atomic E-state index is 15.2. The number of esters is 5. The lowest BCUT2D eigenvalue weighted by molar-refractivity contribution is -0.266. The number of allylic oxidation sites excluding steroid dienone is 2. The monoisotopic (exact) mass is 1010 g/mol. The lowest BCUT2D eigenvalue weighted by Gasteiger charge is -2.71. The third-order valence-corrected chi connectivity index (χ3v) is 19.3. The number of nitrogens with zero attached hydrogens (tertiary/aromatic N) is 3. The highest BCUT2D eigenvalue weighted by Crippen LogP contribution is 2.75. The van der Waals surface area contributed by atoms with Gasteiger partial charge in [-0.1, -0.05) is 65.3 Å². The van der Waals surface area contributed by atoms with Gasteiger partial charge in [0.2, 0.25) is 11.8 Å². The second-order valence-electron chi connectivity index (χ2n) is 23.5. The number of aliphatic hydroxyl groups is 1. The van der Waals surface area contributed by atoms with E-state index in [-0.39, 0.29) is 57.7 Å². The van der Waals surface area contributed by atoms with Crippen LogP contribution in [0, 0.1) is 56.7 Å². The van der Waals surface area contributed by atoms with Crippen LogP contribution >= 0.6 is 0 Å². The van der Waals surface area contributed by atoms with E-state index in [1.54, 1.807) is 0 Å². The lowest BCUT2D eigenvalue weighted by atomic mass is 9.33. The van der Waals surface area contributed by atoms with Crippen LogP contribution in [0.2, 0.25) is 0 Å². The van der Waals surface area contributed by atoms with Crippen molar-refractivity contribution in [2.75, 3.05) is 13.7 Å². The van der Waals surface area contributed by atoms with Gasteiger partial charge in [0.1, 0.15) is 24.5 Å². The molecule has 1 aromatic heterocycles. The van der Waals surface area contributed by atoms with E-state index in [0.717, 1.165) is 97.3 Å². The molecule has 0 unspecified atom stereocenters. The van der Waals surface area contributed by atoms with Crippen molar-refractivity contribution in [1.82, 2.24) is 25.6 Å². The summed E-state index contributed by atoms with van der Waals surface area (Å²) in [6, 6.07) is -1.37. The molecule has 16 atom stereocenters. The number of rotatable bonds is 13. The van der Waals surface area contributed by atoms with Gasteiger partial charge in [-0.15, -0.1) is 5.10 Å². The first-order valence-electron chi connectivity index (χ1n) is 25.9. The topological polar surface area (TPSA) is 250 Å². The predicted molar refractivity (Wildman–Crippen MR) is 257 cm³/mol. The summed E-state index contributed by atoms with van der Waals surface area (Å²) in [7, 11) is 1.10. The molecule has 2 amide bonds. The number of nitrogens with one attached hydrogen (secondary N) is 2. The Kier molecular flexibility index (Phi) is 15.3. The van der Waals surface area contributed by atoms with Crippen LogP contribution in [0.15, 0.2) is 17.8 Å². The molecule has 0 bridgehead atoms. The summed E-state index contributed by atoms with van der Waals surface area (Å²) in [6.07, 6.45) is 4.88. The van der Waals surface area contributed by atoms with E-state index in [1.165, 1.54) is 18.7 Å². The van der Waals surface area contributed by atoms with Crippen LogP contribution in [0.1, 0.15) is 153 Å². The van der Waals surface area contributed by atoms with Gasteiger partial charge in [-0.3, -0.25) is 28.8 Å². The van der Waals surface area contributed by atoms with E-state index in [4.69, 9.17) is 28.4 Å². The number of ether oxygens (including phenoxy) is 6. The maximum atomic E-state index is 15.2. The van der Waals surface area contributed by atoms with Gasteiger partial charge in [0.15, 0.2) is 12.2 Å². The van der Waals surface area contributed by atoms with Gasteiger partial charge >= 0.3 is 29.8 Å². The summed E-state index contributed by atoms with van der Waals surface area (Å²) >= 11 is 0. The molecule has 400 valence electrons. The van der Waals surface area contributed by atoms with Crippen molar-refractivity contribution >= 4 is 41.7 Å². The predicted octanol–water partition coefficient (Wildman–Crippen LogP) is 5.39. The van der Waals surface area contributed by atoms with Gasteiger partial charge in [0, 0.05) is 41.0 Å². The molecular formula is C53H79N5O14. The van der Waals surface area contributed by atoms with Crippen molar-refractivity contribution in [3.05, 3.63) is 23.5 Å². The van der Waals surface area contributed by atoms with Crippen molar-refractivity contribution in [1.29, 1.82) is 0 Å². The number of hydrogen-bond donors (Lipinski definition) is 3. The smallest absolute Gasteiger partial charge is 0.361 e. The normalized spacial score (nSPS) is 38.5. The zero-order valence-corrected chi connectivity index (χ0v) is 44.6. The van der Waals surface area contributed by atoms with Gasteiger partial charge in [-0.25, -0.2) is 9.48 Å². The minimum absolute atomic E-state index is 0.00959. The highest BCUT2D eigenvalue weighted by atomic mass is 16.6. The Morgan fingerprint density at radius 2 is 1.56 bits per heavy atom. The van der Waals surface area contributed by atoms with E-state index in [2.05, 4.69) is 75.5 Å². The molecule has 2 heterocycles. The Morgan fingerprint density at radius 1 is 0.861 bits per heavy atom. The molecule has 5 fully saturated rings. The van der Waals surface area contributed by atoms with E-state index in [1.807, 2.05) is 0 Å². The van der Waals surface area contributed by atoms with Crippen molar-refractivity contribution in [2.24, 2.45) is 56.7 Å². The van der Waals surface area contributed by atoms with Crippen LogP contribution in [0.5, 0.6) is 0 Å². The second kappa shape index (κ2) is 20.1. The number of aromatic nitrogens is 3. The van der Waals surface area contributed by atoms with Crippen LogP contribution < -0.4 is 10.6 Å². The van der Waals surface area contributed by atoms with E-state index >= 15 is 4.79 Å². The van der Waals surface area contributed by atoms with E-state index < -0.39 is 90.4 Å². The molecule has 0 spiro atoms. The van der Waals surface area contributed by atoms with Crippen molar-refractivity contribution in [3.8, 4) is 0 Å². The van der Waals surface area contributed by atoms with Gasteiger partial charge in [-0.05, 0) is 109 Å². The Labute approximate surface area is 423 Å². The lowest BCUT2D eigenvalue weighted by Crippen LogP contribution is -2.69. The maximum Gasteiger partial charge on any atom is 0.361 e. The zero-order chi connectivity index (χ0) is 53.1. The summed E-state index contributed by atoms with van der Waals surface area (Å²) in [4.78, 5) is 92.2. The first kappa shape index (κ1) is 54.9. The van der Waals surface area contributed by atoms with E-state index in [0.29, 0.717) is 17.8 Å². The first-order chi connectivity index (χ1) is 33.6. The molecule has 0 radical (unpaired) electrons. The number of methoxy groups -OCH3 is 1. The molecule has 1 aliphatic heterocycles. The molecule has 4 saturated carbocycles. The summed E-state index contributed by atoms with van der Waals surface area (Å²) in [5.74, 6) is -3.58. The molecule has 5 aliphatic carbocycles. The van der Waals surface area contributed by atoms with Crippen LogP contribution in [0.25, 0.3) is 0 Å². The van der Waals surface area contributed by atoms with Crippen LogP contribution in [0.4, 0.5) is 0 Å². The second-order valence-corrected chi connectivity index (χ2v) is 23.5. The molecule has 19 nitrogen and oxygen atoms in total. The van der Waals surface area contributed by atoms with Crippen molar-refractivity contribution < 1.29 is 67.1 Å². The molecule has 72 heavy (non-hydrogen) atoms. The minimum atomic E-state index is -2.35. The molecule has 7 rings (SSSR count). The van der Waals surface area contributed by atoms with Crippen LogP contribution in [-0.2, 0) is 74.3 Å². The van der Waals surface area contributed by atoms with Gasteiger partial charge in [0.25, 0.3) is 5.72 Å². The van der Waals surface area contributed by atoms with Crippen molar-refractivity contribution in [2.45, 2.75) is 196 Å². The van der Waals surface area contributed by atoms with E-state index in [9.17, 15) is 33.9 Å². The minimum Gasteiger partial charge on any atom is -0.465 e. The average Bonchev–Trinajstić information content (AvgIpc) is 3.78. The number of carbonyl (C=O) groups is 7. The average molecular weight is 1010 g/mol. The highest BCUT2D eigenvalue weighted by Gasteiger charge is 2.70. The molecule has 1 aromatic rings. The number of aliphatic hydroxyl groups excluding tert-OH is 1. The number of carbonyl (C=O) groups excluding carboxylic acids is 7. The fourth-order valence-corrected chi connectivity index (χ4v) is 15.4. The summed E-state index contributed by atoms with van der Waals surface area (Å²) in [5, 5.41) is 25.8. The highest BCUT2D eigenvalue weighted by molar-refractivity contribution is 5.84. The fourth-order valence-electron chi connectivity index (χ4n) is 15.4. The third kappa shape index (κ3) is 9.35. The molecule has 3 N–H and O–H groups in total. The Bertz CT molecular complexity index is 2330. The Morgan fingerprint density at radius 3 is 2.18 bits per heavy atom. The van der Waals surface area contributed by atoms with Crippen molar-refractivity contribution in [3.63, 3.8) is 0 Å². The molecule has 0 aromatic carbocycles. The number of fused-ring (bicyclic) bond motifs is 7. The summed E-state index contributed by atoms with van der Waals surface area (Å²) in [5.41, 5.74) is -1.56. The molecular weight excluding hydrogens is 931 g/mol. The van der Waals surface area contributed by atoms with Gasteiger partial charge < -0.3 is 44.2 Å². The van der Waals surface area contributed by atoms with Crippen LogP contribution in [-0.4, -0.2) is 112 Å². The Balaban J connectivity index is 1.21. The third-order valence-electron chi connectivity index (χ3n) is 19.3. The number of amides is 2. The summed E-state index contributed by atoms with van der Waals surface area (Å²) < 4.78 is 35.1. The number of hydrogen-bond acceptors (Lipinski definition) is 16.